The van der Waals surface area contributed by atoms with Crippen molar-refractivity contribution in [2.24, 2.45) is 5.73 Å². The summed E-state index contributed by atoms with van der Waals surface area (Å²) in [5.74, 6) is -1.90. The number of sulfone groups is 1. The number of hydrogen-bond acceptors (Lipinski definition) is 4. The van der Waals surface area contributed by atoms with Gasteiger partial charge in [0, 0.05) is 5.56 Å². The molecule has 0 fully saturated rings. The highest BCUT2D eigenvalue weighted by Crippen LogP contribution is 2.34. The van der Waals surface area contributed by atoms with E-state index in [9.17, 15) is 26.4 Å². The van der Waals surface area contributed by atoms with Crippen molar-refractivity contribution < 1.29 is 31.1 Å². The zero-order valence-electron chi connectivity index (χ0n) is 12.4. The molecule has 0 spiro atoms. The molecule has 2 N–H and O–H groups in total. The molecule has 0 saturated heterocycles. The third-order valence-electron chi connectivity index (χ3n) is 3.11. The summed E-state index contributed by atoms with van der Waals surface area (Å²) < 4.78 is 67.2. The quantitative estimate of drug-likeness (QED) is 0.844. The number of primary amides is 1. The van der Waals surface area contributed by atoms with Crippen molar-refractivity contribution in [2.45, 2.75) is 11.1 Å². The molecule has 0 aliphatic carbocycles. The van der Waals surface area contributed by atoms with Gasteiger partial charge in [0.15, 0.2) is 5.94 Å². The lowest BCUT2D eigenvalue weighted by Gasteiger charge is -2.12. The maximum absolute atomic E-state index is 12.6. The van der Waals surface area contributed by atoms with Crippen LogP contribution in [0, 0.1) is 0 Å². The van der Waals surface area contributed by atoms with E-state index in [1.165, 1.54) is 18.2 Å². The van der Waals surface area contributed by atoms with E-state index in [1.54, 1.807) is 0 Å². The maximum Gasteiger partial charge on any atom is 0.416 e. The standard InChI is InChI=1S/C15H11ClF3NO4S/c16-12-7-10(15(17,18)19)4-5-13(12)24-8-25(22,23)11-3-1-2-9(6-11)14(20)21/h1-7H,8H2,(H2,20,21). The topological polar surface area (TPSA) is 86.5 Å². The first-order valence-electron chi connectivity index (χ1n) is 6.63. The molecule has 0 heterocycles. The smallest absolute Gasteiger partial charge is 0.416 e. The molecule has 5 nitrogen and oxygen atoms in total. The monoisotopic (exact) mass is 393 g/mol. The minimum Gasteiger partial charge on any atom is -0.476 e. The molecule has 0 aliphatic heterocycles. The van der Waals surface area contributed by atoms with Gasteiger partial charge in [0.05, 0.1) is 15.5 Å². The normalized spacial score (nSPS) is 12.0. The number of ether oxygens (including phenoxy) is 1. The summed E-state index contributed by atoms with van der Waals surface area (Å²) in [6, 6.07) is 7.28. The van der Waals surface area contributed by atoms with Gasteiger partial charge in [-0.2, -0.15) is 13.2 Å². The van der Waals surface area contributed by atoms with Crippen LogP contribution in [0.1, 0.15) is 15.9 Å². The van der Waals surface area contributed by atoms with Crippen LogP contribution in [0.2, 0.25) is 5.02 Å². The molecule has 0 atom stereocenters. The van der Waals surface area contributed by atoms with Crippen molar-refractivity contribution in [3.05, 3.63) is 58.6 Å². The summed E-state index contributed by atoms with van der Waals surface area (Å²) in [5.41, 5.74) is 4.10. The molecule has 10 heteroatoms. The number of benzene rings is 2. The van der Waals surface area contributed by atoms with Crippen molar-refractivity contribution in [3.8, 4) is 5.75 Å². The number of rotatable bonds is 5. The fourth-order valence-electron chi connectivity index (χ4n) is 1.85. The van der Waals surface area contributed by atoms with Gasteiger partial charge in [-0.3, -0.25) is 4.79 Å². The lowest BCUT2D eigenvalue weighted by Crippen LogP contribution is -2.15. The predicted octanol–water partition coefficient (Wildman–Crippen LogP) is 3.27. The molecule has 134 valence electrons. The highest BCUT2D eigenvalue weighted by atomic mass is 35.5. The number of amides is 1. The van der Waals surface area contributed by atoms with Gasteiger partial charge in [-0.1, -0.05) is 17.7 Å². The van der Waals surface area contributed by atoms with Crippen molar-refractivity contribution in [3.63, 3.8) is 0 Å². The Kier molecular flexibility index (Phi) is 5.28. The second-order valence-electron chi connectivity index (χ2n) is 4.91. The molecule has 1 amide bonds. The molecule has 25 heavy (non-hydrogen) atoms. The van der Waals surface area contributed by atoms with E-state index in [2.05, 4.69) is 0 Å². The Hall–Kier alpha value is -2.26. The SMILES string of the molecule is NC(=O)c1cccc(S(=O)(=O)COc2ccc(C(F)(F)F)cc2Cl)c1. The highest BCUT2D eigenvalue weighted by Gasteiger charge is 2.31. The molecule has 0 saturated carbocycles. The number of hydrogen-bond donors (Lipinski definition) is 1. The Morgan fingerprint density at radius 1 is 1.16 bits per heavy atom. The van der Waals surface area contributed by atoms with Crippen molar-refractivity contribution in [1.29, 1.82) is 0 Å². The van der Waals surface area contributed by atoms with Gasteiger partial charge in [-0.25, -0.2) is 8.42 Å². The average molecular weight is 394 g/mol. The third kappa shape index (κ3) is 4.64. The highest BCUT2D eigenvalue weighted by molar-refractivity contribution is 7.91. The first kappa shape index (κ1) is 19.1. The molecule has 0 unspecified atom stereocenters. The Labute approximate surface area is 146 Å². The van der Waals surface area contributed by atoms with E-state index in [1.807, 2.05) is 0 Å². The molecule has 0 aliphatic rings. The summed E-state index contributed by atoms with van der Waals surface area (Å²) in [7, 11) is -3.98. The summed E-state index contributed by atoms with van der Waals surface area (Å²) in [4.78, 5) is 10.9. The van der Waals surface area contributed by atoms with Crippen LogP contribution < -0.4 is 10.5 Å². The number of carbonyl (C=O) groups is 1. The van der Waals surface area contributed by atoms with Crippen LogP contribution >= 0.6 is 11.6 Å². The average Bonchev–Trinajstić information content (AvgIpc) is 2.53. The van der Waals surface area contributed by atoms with E-state index in [0.29, 0.717) is 6.07 Å². The van der Waals surface area contributed by atoms with Gasteiger partial charge in [-0.05, 0) is 36.4 Å². The van der Waals surface area contributed by atoms with Gasteiger partial charge in [0.1, 0.15) is 5.75 Å². The third-order valence-corrected chi connectivity index (χ3v) is 4.80. The molecule has 2 rings (SSSR count). The van der Waals surface area contributed by atoms with E-state index in [4.69, 9.17) is 22.1 Å². The fourth-order valence-corrected chi connectivity index (χ4v) is 3.09. The van der Waals surface area contributed by atoms with E-state index in [0.717, 1.165) is 18.2 Å². The largest absolute Gasteiger partial charge is 0.476 e. The maximum atomic E-state index is 12.6. The summed E-state index contributed by atoms with van der Waals surface area (Å²) in [5, 5.41) is -0.379. The minimum absolute atomic E-state index is 0.00589. The lowest BCUT2D eigenvalue weighted by molar-refractivity contribution is -0.137. The molecule has 0 radical (unpaired) electrons. The molecular weight excluding hydrogens is 383 g/mol. The van der Waals surface area contributed by atoms with Gasteiger partial charge >= 0.3 is 6.18 Å². The van der Waals surface area contributed by atoms with E-state index in [-0.39, 0.29) is 21.2 Å². The Bertz CT molecular complexity index is 913. The number of alkyl halides is 3. The van der Waals surface area contributed by atoms with Crippen LogP contribution in [0.4, 0.5) is 13.2 Å². The van der Waals surface area contributed by atoms with Crippen LogP contribution in [-0.2, 0) is 16.0 Å². The van der Waals surface area contributed by atoms with Crippen LogP contribution in [0.15, 0.2) is 47.4 Å². The van der Waals surface area contributed by atoms with Gasteiger partial charge in [0.2, 0.25) is 15.7 Å². The van der Waals surface area contributed by atoms with Crippen LogP contribution in [0.3, 0.4) is 0 Å². The van der Waals surface area contributed by atoms with Gasteiger partial charge < -0.3 is 10.5 Å². The molecular formula is C15H11ClF3NO4S. The Morgan fingerprint density at radius 3 is 2.40 bits per heavy atom. The van der Waals surface area contributed by atoms with E-state index < -0.39 is 33.4 Å². The number of nitrogens with two attached hydrogens (primary N) is 1. The number of carbonyl (C=O) groups excluding carboxylic acids is 1. The summed E-state index contributed by atoms with van der Waals surface area (Å²) >= 11 is 5.70. The zero-order chi connectivity index (χ0) is 18.8. The molecule has 0 bridgehead atoms. The first-order chi connectivity index (χ1) is 11.5. The van der Waals surface area contributed by atoms with Crippen molar-refractivity contribution >= 4 is 27.3 Å². The van der Waals surface area contributed by atoms with E-state index >= 15 is 0 Å². The second kappa shape index (κ2) is 6.93. The minimum atomic E-state index is -4.58. The zero-order valence-corrected chi connectivity index (χ0v) is 14.0. The number of halogens is 4. The van der Waals surface area contributed by atoms with Gasteiger partial charge in [-0.15, -0.1) is 0 Å². The van der Waals surface area contributed by atoms with Crippen molar-refractivity contribution in [1.82, 2.24) is 0 Å². The summed E-state index contributed by atoms with van der Waals surface area (Å²) in [6.07, 6.45) is -4.58. The molecule has 2 aromatic rings. The first-order valence-corrected chi connectivity index (χ1v) is 8.66. The fraction of sp³-hybridized carbons (Fsp3) is 0.133. The van der Waals surface area contributed by atoms with Crippen LogP contribution in [0.25, 0.3) is 0 Å². The predicted molar refractivity (Wildman–Crippen MR) is 84.1 cm³/mol. The van der Waals surface area contributed by atoms with Crippen LogP contribution in [-0.4, -0.2) is 20.3 Å². The molecule has 0 aromatic heterocycles. The van der Waals surface area contributed by atoms with Gasteiger partial charge in [0.25, 0.3) is 0 Å². The van der Waals surface area contributed by atoms with Crippen molar-refractivity contribution in [2.75, 3.05) is 5.94 Å². The molecule has 2 aromatic carbocycles. The van der Waals surface area contributed by atoms with Crippen LogP contribution in [0.5, 0.6) is 5.75 Å². The Morgan fingerprint density at radius 2 is 1.84 bits per heavy atom. The Balaban J connectivity index is 2.20. The second-order valence-corrected chi connectivity index (χ2v) is 7.26. The lowest BCUT2D eigenvalue weighted by atomic mass is 10.2. The summed E-state index contributed by atoms with van der Waals surface area (Å²) in [6.45, 7) is 0.